The van der Waals surface area contributed by atoms with Crippen LogP contribution in [0.25, 0.3) is 32.9 Å². The molecule has 1 N–H and O–H groups in total. The van der Waals surface area contributed by atoms with Gasteiger partial charge in [0.15, 0.2) is 0 Å². The molecule has 37 heavy (non-hydrogen) atoms. The van der Waals surface area contributed by atoms with Gasteiger partial charge >= 0.3 is 0 Å². The van der Waals surface area contributed by atoms with Crippen molar-refractivity contribution < 1.29 is 4.79 Å². The summed E-state index contributed by atoms with van der Waals surface area (Å²) in [5, 5.41) is 5.54. The predicted molar refractivity (Wildman–Crippen MR) is 150 cm³/mol. The number of fused-ring (bicyclic) bond motifs is 2. The second kappa shape index (κ2) is 10.1. The number of nitrogens with one attached hydrogen (secondary N) is 1. The Morgan fingerprint density at radius 2 is 1.35 bits per heavy atom. The largest absolute Gasteiger partial charge is 0.349 e. The highest BCUT2D eigenvalue weighted by atomic mass is 16.1. The second-order valence-corrected chi connectivity index (χ2v) is 9.30. The zero-order valence-corrected chi connectivity index (χ0v) is 20.5. The highest BCUT2D eigenvalue weighted by molar-refractivity contribution is 5.83. The lowest BCUT2D eigenvalue weighted by Gasteiger charge is -2.12. The first kappa shape index (κ1) is 22.7. The molecule has 4 nitrogen and oxygen atoms in total. The summed E-state index contributed by atoms with van der Waals surface area (Å²) in [7, 11) is 0. The van der Waals surface area contributed by atoms with Gasteiger partial charge in [0.05, 0.1) is 24.0 Å². The molecule has 0 saturated carbocycles. The Labute approximate surface area is 216 Å². The van der Waals surface area contributed by atoms with Crippen molar-refractivity contribution in [3.63, 3.8) is 0 Å². The number of benzene rings is 5. The first-order valence-corrected chi connectivity index (χ1v) is 12.6. The number of hydrogen-bond donors (Lipinski definition) is 1. The van der Waals surface area contributed by atoms with Gasteiger partial charge in [-0.3, -0.25) is 4.79 Å². The molecule has 1 heterocycles. The number of para-hydroxylation sites is 2. The van der Waals surface area contributed by atoms with E-state index in [0.29, 0.717) is 19.5 Å². The van der Waals surface area contributed by atoms with Crippen molar-refractivity contribution in [1.82, 2.24) is 14.9 Å². The van der Waals surface area contributed by atoms with Gasteiger partial charge in [-0.25, -0.2) is 4.98 Å². The van der Waals surface area contributed by atoms with Crippen LogP contribution in [-0.4, -0.2) is 15.5 Å². The van der Waals surface area contributed by atoms with E-state index in [-0.39, 0.29) is 5.91 Å². The standard InChI is InChI=1S/C33H27N3O/c37-33(21-24-14-17-28(18-15-24)26-8-2-1-3-9-26)34-22-32-35-30-12-6-7-13-31(30)36(32)23-25-16-19-27-10-4-5-11-29(27)20-25/h1-20H,21-23H2,(H,34,37). The number of carbonyl (C=O) groups is 1. The van der Waals surface area contributed by atoms with Crippen molar-refractivity contribution in [3.8, 4) is 11.1 Å². The van der Waals surface area contributed by atoms with E-state index in [1.54, 1.807) is 0 Å². The summed E-state index contributed by atoms with van der Waals surface area (Å²) < 4.78 is 2.20. The van der Waals surface area contributed by atoms with Crippen LogP contribution >= 0.6 is 0 Å². The molecule has 0 saturated heterocycles. The number of nitrogens with zero attached hydrogens (tertiary/aromatic N) is 2. The topological polar surface area (TPSA) is 46.9 Å². The lowest BCUT2D eigenvalue weighted by molar-refractivity contribution is -0.120. The number of carbonyl (C=O) groups excluding carboxylic acids is 1. The number of aromatic nitrogens is 2. The Morgan fingerprint density at radius 1 is 0.676 bits per heavy atom. The third kappa shape index (κ3) is 5.00. The van der Waals surface area contributed by atoms with Gasteiger partial charge in [-0.05, 0) is 51.2 Å². The third-order valence-electron chi connectivity index (χ3n) is 6.76. The molecular weight excluding hydrogens is 454 g/mol. The monoisotopic (exact) mass is 481 g/mol. The van der Waals surface area contributed by atoms with Gasteiger partial charge in [-0.15, -0.1) is 0 Å². The molecule has 0 spiro atoms. The zero-order chi connectivity index (χ0) is 25.0. The third-order valence-corrected chi connectivity index (χ3v) is 6.76. The molecule has 0 bridgehead atoms. The average molecular weight is 482 g/mol. The highest BCUT2D eigenvalue weighted by Gasteiger charge is 2.13. The van der Waals surface area contributed by atoms with Crippen molar-refractivity contribution in [2.24, 2.45) is 0 Å². The summed E-state index contributed by atoms with van der Waals surface area (Å²) in [6.45, 7) is 1.07. The fourth-order valence-corrected chi connectivity index (χ4v) is 4.83. The molecular formula is C33H27N3O. The van der Waals surface area contributed by atoms with E-state index in [9.17, 15) is 4.79 Å². The molecule has 4 heteroatoms. The van der Waals surface area contributed by atoms with Crippen LogP contribution in [0.4, 0.5) is 0 Å². The van der Waals surface area contributed by atoms with Crippen LogP contribution in [0.5, 0.6) is 0 Å². The number of hydrogen-bond acceptors (Lipinski definition) is 2. The Morgan fingerprint density at radius 3 is 2.19 bits per heavy atom. The molecule has 180 valence electrons. The predicted octanol–water partition coefficient (Wildman–Crippen LogP) is 6.76. The van der Waals surface area contributed by atoms with Gasteiger partial charge in [0.1, 0.15) is 5.82 Å². The molecule has 0 unspecified atom stereocenters. The van der Waals surface area contributed by atoms with Crippen LogP contribution in [0.15, 0.2) is 121 Å². The summed E-state index contributed by atoms with van der Waals surface area (Å²) in [5.41, 5.74) is 6.51. The van der Waals surface area contributed by atoms with Crippen LogP contribution < -0.4 is 5.32 Å². The maximum atomic E-state index is 12.8. The molecule has 0 radical (unpaired) electrons. The first-order chi connectivity index (χ1) is 18.2. The van der Waals surface area contributed by atoms with Crippen molar-refractivity contribution in [3.05, 3.63) is 138 Å². The number of imidazole rings is 1. The second-order valence-electron chi connectivity index (χ2n) is 9.30. The van der Waals surface area contributed by atoms with Crippen LogP contribution in [0.2, 0.25) is 0 Å². The smallest absolute Gasteiger partial charge is 0.224 e. The van der Waals surface area contributed by atoms with Crippen molar-refractivity contribution in [2.75, 3.05) is 0 Å². The van der Waals surface area contributed by atoms with Crippen molar-refractivity contribution in [1.29, 1.82) is 0 Å². The molecule has 1 amide bonds. The lowest BCUT2D eigenvalue weighted by Crippen LogP contribution is -2.26. The van der Waals surface area contributed by atoms with Gasteiger partial charge < -0.3 is 9.88 Å². The summed E-state index contributed by atoms with van der Waals surface area (Å²) in [5.74, 6) is 0.832. The minimum atomic E-state index is -0.0169. The van der Waals surface area contributed by atoms with E-state index in [4.69, 9.17) is 4.98 Å². The van der Waals surface area contributed by atoms with E-state index in [2.05, 4.69) is 82.7 Å². The summed E-state index contributed by atoms with van der Waals surface area (Å²) >= 11 is 0. The molecule has 0 fully saturated rings. The molecule has 1 aromatic heterocycles. The molecule has 6 aromatic rings. The van der Waals surface area contributed by atoms with Gasteiger partial charge in [0.25, 0.3) is 0 Å². The normalized spacial score (nSPS) is 11.1. The van der Waals surface area contributed by atoms with Crippen molar-refractivity contribution in [2.45, 2.75) is 19.5 Å². The van der Waals surface area contributed by atoms with Crippen molar-refractivity contribution >= 4 is 27.7 Å². The number of amides is 1. The first-order valence-electron chi connectivity index (χ1n) is 12.6. The molecule has 0 aliphatic heterocycles. The SMILES string of the molecule is O=C(Cc1ccc(-c2ccccc2)cc1)NCc1nc2ccccc2n1Cc1ccc2ccccc2c1. The van der Waals surface area contributed by atoms with E-state index >= 15 is 0 Å². The Kier molecular flexibility index (Phi) is 6.22. The molecule has 0 aliphatic rings. The molecule has 6 rings (SSSR count). The van der Waals surface area contributed by atoms with Gasteiger partial charge in [-0.1, -0.05) is 103 Å². The van der Waals surface area contributed by atoms with E-state index in [1.807, 2.05) is 48.5 Å². The number of rotatable bonds is 7. The quantitative estimate of drug-likeness (QED) is 0.274. The van der Waals surface area contributed by atoms with Gasteiger partial charge in [0.2, 0.25) is 5.91 Å². The van der Waals surface area contributed by atoms with Crippen LogP contribution in [0, 0.1) is 0 Å². The highest BCUT2D eigenvalue weighted by Crippen LogP contribution is 2.22. The van der Waals surface area contributed by atoms with Crippen LogP contribution in [0.1, 0.15) is 17.0 Å². The average Bonchev–Trinajstić information content (AvgIpc) is 3.30. The Hall–Kier alpha value is -4.70. The Bertz CT molecular complexity index is 1680. The Balaban J connectivity index is 1.18. The van der Waals surface area contributed by atoms with Gasteiger partial charge in [0, 0.05) is 6.54 Å². The molecule has 0 atom stereocenters. The lowest BCUT2D eigenvalue weighted by atomic mass is 10.0. The minimum Gasteiger partial charge on any atom is -0.349 e. The minimum absolute atomic E-state index is 0.0169. The van der Waals surface area contributed by atoms with E-state index in [0.717, 1.165) is 28.0 Å². The summed E-state index contributed by atoms with van der Waals surface area (Å²) in [6, 6.07) is 41.5. The summed E-state index contributed by atoms with van der Waals surface area (Å²) in [4.78, 5) is 17.7. The maximum Gasteiger partial charge on any atom is 0.224 e. The van der Waals surface area contributed by atoms with E-state index in [1.165, 1.54) is 21.9 Å². The molecule has 0 aliphatic carbocycles. The zero-order valence-electron chi connectivity index (χ0n) is 20.5. The van der Waals surface area contributed by atoms with E-state index < -0.39 is 0 Å². The van der Waals surface area contributed by atoms with Crippen LogP contribution in [0.3, 0.4) is 0 Å². The van der Waals surface area contributed by atoms with Crippen LogP contribution in [-0.2, 0) is 24.3 Å². The fourth-order valence-electron chi connectivity index (χ4n) is 4.83. The maximum absolute atomic E-state index is 12.8. The molecule has 5 aromatic carbocycles. The summed E-state index contributed by atoms with van der Waals surface area (Å²) in [6.07, 6.45) is 0.333. The fraction of sp³-hybridized carbons (Fsp3) is 0.0909. The van der Waals surface area contributed by atoms with Gasteiger partial charge in [-0.2, -0.15) is 0 Å².